The summed E-state index contributed by atoms with van der Waals surface area (Å²) in [5, 5.41) is 3.36. The Morgan fingerprint density at radius 2 is 2.07 bits per heavy atom. The summed E-state index contributed by atoms with van der Waals surface area (Å²) in [4.78, 5) is 2.49. The minimum Gasteiger partial charge on any atom is -0.381 e. The Balaban J connectivity index is 2.04. The van der Waals surface area contributed by atoms with Crippen molar-refractivity contribution in [3.05, 3.63) is 0 Å². The molecule has 1 aliphatic heterocycles. The maximum atomic E-state index is 5.35. The summed E-state index contributed by atoms with van der Waals surface area (Å²) in [6, 6.07) is 0.755. The van der Waals surface area contributed by atoms with E-state index in [1.165, 1.54) is 25.8 Å². The van der Waals surface area contributed by atoms with Gasteiger partial charge in [0.25, 0.3) is 0 Å². The van der Waals surface area contributed by atoms with Gasteiger partial charge in [0.05, 0.1) is 0 Å². The van der Waals surface area contributed by atoms with Gasteiger partial charge in [0.1, 0.15) is 0 Å². The van der Waals surface area contributed by atoms with Gasteiger partial charge in [0, 0.05) is 19.3 Å². The molecular formula is C11H24N2O. The van der Waals surface area contributed by atoms with Crippen molar-refractivity contribution in [2.45, 2.75) is 32.2 Å². The molecule has 14 heavy (non-hydrogen) atoms. The topological polar surface area (TPSA) is 24.5 Å². The zero-order valence-corrected chi connectivity index (χ0v) is 9.59. The van der Waals surface area contributed by atoms with Crippen molar-refractivity contribution < 1.29 is 4.74 Å². The van der Waals surface area contributed by atoms with Crippen molar-refractivity contribution in [1.29, 1.82) is 0 Å². The van der Waals surface area contributed by atoms with Crippen molar-refractivity contribution >= 4 is 0 Å². The van der Waals surface area contributed by atoms with Crippen molar-refractivity contribution in [2.24, 2.45) is 0 Å². The highest BCUT2D eigenvalue weighted by Crippen LogP contribution is 2.12. The van der Waals surface area contributed by atoms with E-state index in [0.717, 1.165) is 32.3 Å². The maximum absolute atomic E-state index is 5.35. The number of hydrogen-bond acceptors (Lipinski definition) is 3. The summed E-state index contributed by atoms with van der Waals surface area (Å²) in [6.07, 6.45) is 3.66. The minimum atomic E-state index is 0.755. The van der Waals surface area contributed by atoms with E-state index in [0.29, 0.717) is 0 Å². The van der Waals surface area contributed by atoms with Gasteiger partial charge >= 0.3 is 0 Å². The smallest absolute Gasteiger partial charge is 0.0480 e. The standard InChI is InChI=1S/C11H24N2O/c1-3-12-7-4-8-13(2)11-5-9-14-10-6-11/h11-12H,3-10H2,1-2H3. The fourth-order valence-electron chi connectivity index (χ4n) is 1.94. The Morgan fingerprint density at radius 1 is 1.36 bits per heavy atom. The average molecular weight is 200 g/mol. The summed E-state index contributed by atoms with van der Waals surface area (Å²) >= 11 is 0. The first-order valence-corrected chi connectivity index (χ1v) is 5.83. The Labute approximate surface area is 87.8 Å². The van der Waals surface area contributed by atoms with E-state index < -0.39 is 0 Å². The van der Waals surface area contributed by atoms with E-state index in [4.69, 9.17) is 4.74 Å². The summed E-state index contributed by atoms with van der Waals surface area (Å²) in [6.45, 7) is 7.48. The lowest BCUT2D eigenvalue weighted by molar-refractivity contribution is 0.0428. The minimum absolute atomic E-state index is 0.755. The van der Waals surface area contributed by atoms with Gasteiger partial charge in [-0.1, -0.05) is 6.92 Å². The van der Waals surface area contributed by atoms with Gasteiger partial charge in [-0.05, 0) is 45.9 Å². The molecule has 0 saturated carbocycles. The predicted molar refractivity (Wildman–Crippen MR) is 59.6 cm³/mol. The molecule has 1 heterocycles. The highest BCUT2D eigenvalue weighted by Gasteiger charge is 2.17. The molecule has 1 rings (SSSR count). The van der Waals surface area contributed by atoms with Crippen LogP contribution in [0.4, 0.5) is 0 Å². The monoisotopic (exact) mass is 200 g/mol. The molecule has 0 aliphatic carbocycles. The second-order valence-corrected chi connectivity index (χ2v) is 4.03. The number of nitrogens with one attached hydrogen (secondary N) is 1. The Morgan fingerprint density at radius 3 is 2.71 bits per heavy atom. The molecule has 1 aliphatic rings. The highest BCUT2D eigenvalue weighted by molar-refractivity contribution is 4.71. The van der Waals surface area contributed by atoms with Crippen molar-refractivity contribution in [3.8, 4) is 0 Å². The molecule has 0 atom stereocenters. The zero-order valence-electron chi connectivity index (χ0n) is 9.59. The van der Waals surface area contributed by atoms with Gasteiger partial charge in [-0.2, -0.15) is 0 Å². The van der Waals surface area contributed by atoms with Crippen LogP contribution < -0.4 is 5.32 Å². The van der Waals surface area contributed by atoms with E-state index in [1.54, 1.807) is 0 Å². The van der Waals surface area contributed by atoms with E-state index in [1.807, 2.05) is 0 Å². The van der Waals surface area contributed by atoms with Crippen LogP contribution in [-0.2, 0) is 4.74 Å². The third-order valence-electron chi connectivity index (χ3n) is 2.93. The lowest BCUT2D eigenvalue weighted by atomic mass is 10.1. The van der Waals surface area contributed by atoms with Crippen molar-refractivity contribution in [3.63, 3.8) is 0 Å². The molecule has 0 unspecified atom stereocenters. The maximum Gasteiger partial charge on any atom is 0.0480 e. The molecule has 0 radical (unpaired) electrons. The average Bonchev–Trinajstić information content (AvgIpc) is 2.25. The third-order valence-corrected chi connectivity index (χ3v) is 2.93. The van der Waals surface area contributed by atoms with Gasteiger partial charge in [-0.25, -0.2) is 0 Å². The molecule has 1 fully saturated rings. The first-order valence-electron chi connectivity index (χ1n) is 5.83. The lowest BCUT2D eigenvalue weighted by Crippen LogP contribution is -2.37. The Bertz CT molecular complexity index is 135. The molecule has 84 valence electrons. The number of nitrogens with zero attached hydrogens (tertiary/aromatic N) is 1. The first kappa shape index (κ1) is 12.0. The van der Waals surface area contributed by atoms with Crippen LogP contribution in [0.15, 0.2) is 0 Å². The van der Waals surface area contributed by atoms with Crippen LogP contribution >= 0.6 is 0 Å². The fraction of sp³-hybridized carbons (Fsp3) is 1.00. The van der Waals surface area contributed by atoms with Crippen molar-refractivity contribution in [2.75, 3.05) is 39.9 Å². The Hall–Kier alpha value is -0.120. The van der Waals surface area contributed by atoms with Gasteiger partial charge in [-0.3, -0.25) is 0 Å². The normalized spacial score (nSPS) is 19.1. The summed E-state index contributed by atoms with van der Waals surface area (Å²) in [5.41, 5.74) is 0. The van der Waals surface area contributed by atoms with Crippen LogP contribution in [0.3, 0.4) is 0 Å². The zero-order chi connectivity index (χ0) is 10.2. The molecule has 0 aromatic carbocycles. The Kier molecular flexibility index (Phi) is 6.15. The highest BCUT2D eigenvalue weighted by atomic mass is 16.5. The number of ether oxygens (including phenoxy) is 1. The quantitative estimate of drug-likeness (QED) is 0.650. The molecule has 0 bridgehead atoms. The molecule has 0 aromatic rings. The SMILES string of the molecule is CCNCCCN(C)C1CCOCC1. The largest absolute Gasteiger partial charge is 0.381 e. The van der Waals surface area contributed by atoms with E-state index in [2.05, 4.69) is 24.2 Å². The van der Waals surface area contributed by atoms with Gasteiger partial charge in [0.2, 0.25) is 0 Å². The second kappa shape index (κ2) is 7.21. The van der Waals surface area contributed by atoms with Crippen LogP contribution in [0, 0.1) is 0 Å². The van der Waals surface area contributed by atoms with Gasteiger partial charge < -0.3 is 15.0 Å². The number of rotatable bonds is 6. The number of hydrogen-bond donors (Lipinski definition) is 1. The van der Waals surface area contributed by atoms with Crippen LogP contribution in [0.5, 0.6) is 0 Å². The first-order chi connectivity index (χ1) is 6.84. The molecule has 0 aromatic heterocycles. The van der Waals surface area contributed by atoms with E-state index in [9.17, 15) is 0 Å². The molecule has 0 amide bonds. The molecule has 0 spiro atoms. The van der Waals surface area contributed by atoms with E-state index >= 15 is 0 Å². The van der Waals surface area contributed by atoms with Crippen LogP contribution in [0.1, 0.15) is 26.2 Å². The van der Waals surface area contributed by atoms with E-state index in [-0.39, 0.29) is 0 Å². The molecule has 3 nitrogen and oxygen atoms in total. The molecule has 1 saturated heterocycles. The van der Waals surface area contributed by atoms with Gasteiger partial charge in [-0.15, -0.1) is 0 Å². The lowest BCUT2D eigenvalue weighted by Gasteiger charge is -2.31. The van der Waals surface area contributed by atoms with Gasteiger partial charge in [0.15, 0.2) is 0 Å². The molecular weight excluding hydrogens is 176 g/mol. The fourth-order valence-corrected chi connectivity index (χ4v) is 1.94. The predicted octanol–water partition coefficient (Wildman–Crippen LogP) is 1.10. The third kappa shape index (κ3) is 4.40. The summed E-state index contributed by atoms with van der Waals surface area (Å²) in [7, 11) is 2.24. The van der Waals surface area contributed by atoms with Crippen LogP contribution in [-0.4, -0.2) is 50.8 Å². The van der Waals surface area contributed by atoms with Crippen molar-refractivity contribution in [1.82, 2.24) is 10.2 Å². The molecule has 1 N–H and O–H groups in total. The summed E-state index contributed by atoms with van der Waals surface area (Å²) < 4.78 is 5.35. The molecule has 3 heteroatoms. The van der Waals surface area contributed by atoms with Crippen LogP contribution in [0.25, 0.3) is 0 Å². The second-order valence-electron chi connectivity index (χ2n) is 4.03. The van der Waals surface area contributed by atoms with Crippen LogP contribution in [0.2, 0.25) is 0 Å². The summed E-state index contributed by atoms with van der Waals surface area (Å²) in [5.74, 6) is 0.